The first-order valence-corrected chi connectivity index (χ1v) is 7.34. The number of aromatic nitrogens is 1. The molecule has 1 heterocycles. The summed E-state index contributed by atoms with van der Waals surface area (Å²) in [5.74, 6) is -2.32. The number of halogens is 3. The van der Waals surface area contributed by atoms with Gasteiger partial charge in [-0.05, 0) is 19.8 Å². The number of rotatable bonds is 5. The van der Waals surface area contributed by atoms with E-state index in [2.05, 4.69) is 9.98 Å². The van der Waals surface area contributed by atoms with Crippen LogP contribution in [0.3, 0.4) is 0 Å². The monoisotopic (exact) mass is 346 g/mol. The first-order valence-electron chi connectivity index (χ1n) is 6.59. The van der Waals surface area contributed by atoms with Crippen LogP contribution in [0.4, 0.5) is 4.39 Å². The fraction of sp³-hybridized carbons (Fsp3) is 0.357. The number of aliphatic hydroxyl groups excluding tert-OH is 1. The van der Waals surface area contributed by atoms with Crippen LogP contribution in [0.2, 0.25) is 10.2 Å². The summed E-state index contributed by atoms with van der Waals surface area (Å²) in [5.41, 5.74) is -0.368. The molecule has 0 unspecified atom stereocenters. The number of ether oxygens (including phenoxy) is 1. The van der Waals surface area contributed by atoms with Crippen molar-refractivity contribution in [2.75, 3.05) is 6.61 Å². The zero-order chi connectivity index (χ0) is 16.3. The molecule has 1 aliphatic rings. The summed E-state index contributed by atoms with van der Waals surface area (Å²) in [5, 5.41) is 9.40. The predicted molar refractivity (Wildman–Crippen MR) is 81.9 cm³/mol. The molecule has 22 heavy (non-hydrogen) atoms. The highest BCUT2D eigenvalue weighted by molar-refractivity contribution is 6.35. The lowest BCUT2D eigenvalue weighted by Crippen LogP contribution is -2.12. The van der Waals surface area contributed by atoms with Gasteiger partial charge in [0, 0.05) is 12.4 Å². The second-order valence-corrected chi connectivity index (χ2v) is 5.32. The molecule has 1 aromatic rings. The van der Waals surface area contributed by atoms with Gasteiger partial charge in [-0.25, -0.2) is 14.2 Å². The van der Waals surface area contributed by atoms with Crippen LogP contribution in [0.1, 0.15) is 25.3 Å². The fourth-order valence-electron chi connectivity index (χ4n) is 1.58. The maximum atomic E-state index is 13.7. The van der Waals surface area contributed by atoms with Crippen LogP contribution in [0, 0.1) is 5.82 Å². The molecule has 0 aliphatic heterocycles. The van der Waals surface area contributed by atoms with E-state index < -0.39 is 27.7 Å². The van der Waals surface area contributed by atoms with Crippen molar-refractivity contribution in [1.29, 1.82) is 0 Å². The first-order chi connectivity index (χ1) is 10.5. The molecule has 0 bridgehead atoms. The fourth-order valence-corrected chi connectivity index (χ4v) is 2.00. The lowest BCUT2D eigenvalue weighted by molar-refractivity contribution is -0.137. The Balaban J connectivity index is 2.47. The van der Waals surface area contributed by atoms with Crippen molar-refractivity contribution in [3.8, 4) is 0 Å². The Morgan fingerprint density at radius 2 is 2.27 bits per heavy atom. The van der Waals surface area contributed by atoms with E-state index in [1.807, 2.05) is 0 Å². The molecule has 0 spiro atoms. The molecular formula is C14H13Cl2FN2O3. The van der Waals surface area contributed by atoms with Crippen LogP contribution in [-0.4, -0.2) is 34.9 Å². The number of pyridine rings is 1. The minimum Gasteiger partial charge on any atom is -0.506 e. The van der Waals surface area contributed by atoms with E-state index in [9.17, 15) is 14.3 Å². The molecule has 1 N–H and O–H groups in total. The quantitative estimate of drug-likeness (QED) is 0.290. The van der Waals surface area contributed by atoms with Crippen LogP contribution < -0.4 is 0 Å². The summed E-state index contributed by atoms with van der Waals surface area (Å²) in [6, 6.07) is 0.132. The van der Waals surface area contributed by atoms with Gasteiger partial charge in [-0.3, -0.25) is 4.99 Å². The number of esters is 1. The van der Waals surface area contributed by atoms with Gasteiger partial charge in [0.2, 0.25) is 0 Å². The molecule has 0 atom stereocenters. The summed E-state index contributed by atoms with van der Waals surface area (Å²) in [6.45, 7) is 1.74. The van der Waals surface area contributed by atoms with Gasteiger partial charge < -0.3 is 9.84 Å². The second-order valence-electron chi connectivity index (χ2n) is 4.58. The number of nitrogens with zero attached hydrogens (tertiary/aromatic N) is 2. The van der Waals surface area contributed by atoms with Crippen LogP contribution in [0.25, 0.3) is 5.76 Å². The summed E-state index contributed by atoms with van der Waals surface area (Å²) in [4.78, 5) is 19.6. The van der Waals surface area contributed by atoms with E-state index in [1.54, 1.807) is 6.92 Å². The molecule has 1 aliphatic carbocycles. The zero-order valence-electron chi connectivity index (χ0n) is 11.6. The highest BCUT2D eigenvalue weighted by Gasteiger charge is 2.24. The molecule has 1 fully saturated rings. The molecule has 5 nitrogen and oxygen atoms in total. The van der Waals surface area contributed by atoms with E-state index >= 15 is 0 Å². The van der Waals surface area contributed by atoms with Crippen molar-refractivity contribution in [3.05, 3.63) is 33.3 Å². The lowest BCUT2D eigenvalue weighted by atomic mass is 10.1. The van der Waals surface area contributed by atoms with E-state index in [0.29, 0.717) is 0 Å². The SMILES string of the molecule is CCOC(=O)/C(C=NC1CC1)=C(\O)c1cnc(Cl)c(F)c1Cl. The Labute approximate surface area is 136 Å². The number of hydrogen-bond donors (Lipinski definition) is 1. The van der Waals surface area contributed by atoms with E-state index in [0.717, 1.165) is 19.0 Å². The van der Waals surface area contributed by atoms with Gasteiger partial charge in [0.05, 0.1) is 23.2 Å². The molecule has 0 saturated heterocycles. The summed E-state index contributed by atoms with van der Waals surface area (Å²) in [7, 11) is 0. The second kappa shape index (κ2) is 7.07. The average Bonchev–Trinajstić information content (AvgIpc) is 3.29. The van der Waals surface area contributed by atoms with Crippen molar-refractivity contribution in [3.63, 3.8) is 0 Å². The topological polar surface area (TPSA) is 71.8 Å². The van der Waals surface area contributed by atoms with Gasteiger partial charge in [-0.1, -0.05) is 23.2 Å². The molecule has 1 saturated carbocycles. The molecule has 2 rings (SSSR count). The third kappa shape index (κ3) is 3.75. The zero-order valence-corrected chi connectivity index (χ0v) is 13.2. The molecule has 118 valence electrons. The molecule has 0 radical (unpaired) electrons. The largest absolute Gasteiger partial charge is 0.506 e. The molecule has 8 heteroatoms. The Kier molecular flexibility index (Phi) is 5.37. The van der Waals surface area contributed by atoms with Crippen molar-refractivity contribution in [1.82, 2.24) is 4.98 Å². The smallest absolute Gasteiger partial charge is 0.343 e. The van der Waals surface area contributed by atoms with Gasteiger partial charge in [0.15, 0.2) is 11.0 Å². The predicted octanol–water partition coefficient (Wildman–Crippen LogP) is 3.59. The Morgan fingerprint density at radius 3 is 2.86 bits per heavy atom. The Hall–Kier alpha value is -1.66. The Morgan fingerprint density at radius 1 is 1.59 bits per heavy atom. The number of aliphatic imine (C=N–C) groups is 1. The van der Waals surface area contributed by atoms with Crippen molar-refractivity contribution >= 4 is 41.1 Å². The molecule has 0 amide bonds. The van der Waals surface area contributed by atoms with Crippen LogP contribution in [0.15, 0.2) is 16.8 Å². The lowest BCUT2D eigenvalue weighted by Gasteiger charge is -2.09. The Bertz CT molecular complexity index is 658. The van der Waals surface area contributed by atoms with Crippen molar-refractivity contribution < 1.29 is 19.0 Å². The van der Waals surface area contributed by atoms with Gasteiger partial charge >= 0.3 is 5.97 Å². The van der Waals surface area contributed by atoms with Crippen molar-refractivity contribution in [2.45, 2.75) is 25.8 Å². The molecular weight excluding hydrogens is 334 g/mol. The first kappa shape index (κ1) is 16.7. The maximum absolute atomic E-state index is 13.7. The maximum Gasteiger partial charge on any atom is 0.343 e. The third-order valence-corrected chi connectivity index (χ3v) is 3.52. The number of carbonyl (C=O) groups excluding carboxylic acids is 1. The van der Waals surface area contributed by atoms with Crippen LogP contribution in [-0.2, 0) is 9.53 Å². The number of carbonyl (C=O) groups is 1. The van der Waals surface area contributed by atoms with E-state index in [1.165, 1.54) is 6.21 Å². The third-order valence-electron chi connectivity index (χ3n) is 2.88. The highest BCUT2D eigenvalue weighted by atomic mass is 35.5. The standard InChI is InChI=1S/C14H13Cl2FN2O3/c1-2-22-14(21)9(6-18-7-3-4-7)12(20)8-5-19-13(16)11(17)10(8)15/h5-7,20H,2-4H2,1H3/b12-9-,18-6?. The minimum absolute atomic E-state index is 0.119. The summed E-state index contributed by atoms with van der Waals surface area (Å²) in [6.07, 6.45) is 4.14. The normalized spacial score (nSPS) is 15.8. The summed E-state index contributed by atoms with van der Waals surface area (Å²) >= 11 is 11.3. The van der Waals surface area contributed by atoms with E-state index in [4.69, 9.17) is 27.9 Å². The van der Waals surface area contributed by atoms with Gasteiger partial charge in [0.1, 0.15) is 11.3 Å². The number of hydrogen-bond acceptors (Lipinski definition) is 5. The number of aliphatic hydroxyl groups is 1. The van der Waals surface area contributed by atoms with Gasteiger partial charge in [0.25, 0.3) is 0 Å². The molecule has 1 aromatic heterocycles. The molecule has 0 aromatic carbocycles. The summed E-state index contributed by atoms with van der Waals surface area (Å²) < 4.78 is 18.5. The van der Waals surface area contributed by atoms with Gasteiger partial charge in [-0.15, -0.1) is 0 Å². The minimum atomic E-state index is -0.977. The van der Waals surface area contributed by atoms with Crippen LogP contribution in [0.5, 0.6) is 0 Å². The van der Waals surface area contributed by atoms with Gasteiger partial charge in [-0.2, -0.15) is 0 Å². The average molecular weight is 347 g/mol. The highest BCUT2D eigenvalue weighted by Crippen LogP contribution is 2.30. The van der Waals surface area contributed by atoms with Crippen LogP contribution >= 0.6 is 23.2 Å². The van der Waals surface area contributed by atoms with Crippen molar-refractivity contribution in [2.24, 2.45) is 4.99 Å². The van der Waals surface area contributed by atoms with E-state index in [-0.39, 0.29) is 23.8 Å².